The number of benzene rings is 2. The van der Waals surface area contributed by atoms with Crippen LogP contribution in [0.15, 0.2) is 46.9 Å². The van der Waals surface area contributed by atoms with E-state index in [9.17, 15) is 9.90 Å². The molecule has 1 amide bonds. The quantitative estimate of drug-likeness (QED) is 0.788. The molecule has 1 atom stereocenters. The van der Waals surface area contributed by atoms with E-state index in [4.69, 9.17) is 0 Å². The van der Waals surface area contributed by atoms with Crippen molar-refractivity contribution in [2.75, 3.05) is 5.32 Å². The minimum absolute atomic E-state index is 0.0884. The zero-order valence-electron chi connectivity index (χ0n) is 13.2. The van der Waals surface area contributed by atoms with Crippen LogP contribution in [0, 0.1) is 0 Å². The van der Waals surface area contributed by atoms with Crippen LogP contribution in [0.2, 0.25) is 0 Å². The highest BCUT2D eigenvalue weighted by atomic mass is 79.9. The lowest BCUT2D eigenvalue weighted by Crippen LogP contribution is -2.47. The standard InChI is InChI=1S/C19H19BrN2O2/c20-15-11-12(9-10-17(15)23)18-21-16-8-4-3-7-14(16)19(24)22(18)13-5-1-2-6-13/h3-4,7-11,13,18,21,23H,1-2,5-6H2/t18-/m1/s1. The van der Waals surface area contributed by atoms with Crippen molar-refractivity contribution in [3.05, 3.63) is 58.1 Å². The summed E-state index contributed by atoms with van der Waals surface area (Å²) in [6, 6.07) is 13.4. The highest BCUT2D eigenvalue weighted by Crippen LogP contribution is 2.39. The van der Waals surface area contributed by atoms with E-state index in [2.05, 4.69) is 21.2 Å². The van der Waals surface area contributed by atoms with Crippen LogP contribution in [0.5, 0.6) is 5.75 Å². The van der Waals surface area contributed by atoms with Crippen molar-refractivity contribution in [3.63, 3.8) is 0 Å². The van der Waals surface area contributed by atoms with Gasteiger partial charge in [-0.25, -0.2) is 0 Å². The first kappa shape index (κ1) is 15.5. The first-order chi connectivity index (χ1) is 11.6. The summed E-state index contributed by atoms with van der Waals surface area (Å²) < 4.78 is 0.638. The molecule has 2 N–H and O–H groups in total. The summed E-state index contributed by atoms with van der Waals surface area (Å²) in [5.74, 6) is 0.291. The molecular formula is C19H19BrN2O2. The lowest BCUT2D eigenvalue weighted by Gasteiger charge is -2.41. The molecule has 1 heterocycles. The fraction of sp³-hybridized carbons (Fsp3) is 0.316. The van der Waals surface area contributed by atoms with Crippen LogP contribution in [0.25, 0.3) is 0 Å². The molecule has 4 rings (SSSR count). The number of rotatable bonds is 2. The monoisotopic (exact) mass is 386 g/mol. The molecule has 5 heteroatoms. The van der Waals surface area contributed by atoms with E-state index in [1.54, 1.807) is 6.07 Å². The van der Waals surface area contributed by atoms with Crippen molar-refractivity contribution in [1.29, 1.82) is 0 Å². The number of amides is 1. The number of para-hydroxylation sites is 1. The van der Waals surface area contributed by atoms with Crippen molar-refractivity contribution in [2.24, 2.45) is 0 Å². The number of carbonyl (C=O) groups is 1. The fourth-order valence-corrected chi connectivity index (χ4v) is 4.16. The summed E-state index contributed by atoms with van der Waals surface area (Å²) in [6.07, 6.45) is 4.22. The molecule has 1 fully saturated rings. The summed E-state index contributed by atoms with van der Waals surface area (Å²) in [4.78, 5) is 15.2. The zero-order chi connectivity index (χ0) is 16.7. The Morgan fingerprint density at radius 1 is 1.12 bits per heavy atom. The van der Waals surface area contributed by atoms with Crippen LogP contribution in [0.3, 0.4) is 0 Å². The van der Waals surface area contributed by atoms with Gasteiger partial charge in [0.2, 0.25) is 0 Å². The number of hydrogen-bond acceptors (Lipinski definition) is 3. The number of nitrogens with zero attached hydrogens (tertiary/aromatic N) is 1. The van der Waals surface area contributed by atoms with Gasteiger partial charge in [-0.3, -0.25) is 4.79 Å². The van der Waals surface area contributed by atoms with Crippen LogP contribution in [-0.2, 0) is 0 Å². The lowest BCUT2D eigenvalue weighted by molar-refractivity contribution is 0.0585. The molecule has 0 saturated heterocycles. The Kier molecular flexibility index (Phi) is 3.96. The number of phenolic OH excluding ortho intramolecular Hbond substituents is 1. The molecule has 2 aliphatic rings. The Balaban J connectivity index is 1.79. The second-order valence-electron chi connectivity index (χ2n) is 6.45. The van der Waals surface area contributed by atoms with Gasteiger partial charge < -0.3 is 15.3 Å². The van der Waals surface area contributed by atoms with Crippen LogP contribution in [0.4, 0.5) is 5.69 Å². The van der Waals surface area contributed by atoms with Gasteiger partial charge in [-0.1, -0.05) is 31.0 Å². The van der Waals surface area contributed by atoms with Gasteiger partial charge in [0.25, 0.3) is 5.91 Å². The molecule has 24 heavy (non-hydrogen) atoms. The van der Waals surface area contributed by atoms with E-state index in [1.165, 1.54) is 12.8 Å². The average molecular weight is 387 g/mol. The van der Waals surface area contributed by atoms with Crippen LogP contribution in [0.1, 0.15) is 47.8 Å². The van der Waals surface area contributed by atoms with Gasteiger partial charge >= 0.3 is 0 Å². The van der Waals surface area contributed by atoms with Crippen LogP contribution in [-0.4, -0.2) is 22.0 Å². The first-order valence-electron chi connectivity index (χ1n) is 8.32. The van der Waals surface area contributed by atoms with Crippen LogP contribution < -0.4 is 5.32 Å². The molecule has 0 radical (unpaired) electrons. The Labute approximate surface area is 149 Å². The minimum Gasteiger partial charge on any atom is -0.507 e. The van der Waals surface area contributed by atoms with Gasteiger partial charge in [0, 0.05) is 11.7 Å². The molecule has 124 valence electrons. The summed E-state index contributed by atoms with van der Waals surface area (Å²) >= 11 is 3.38. The molecule has 1 aliphatic carbocycles. The molecule has 1 aliphatic heterocycles. The molecule has 0 spiro atoms. The van der Waals surface area contributed by atoms with Crippen molar-refractivity contribution in [2.45, 2.75) is 37.9 Å². The van der Waals surface area contributed by atoms with Gasteiger partial charge in [-0.15, -0.1) is 0 Å². The van der Waals surface area contributed by atoms with Crippen molar-refractivity contribution in [1.82, 2.24) is 4.90 Å². The van der Waals surface area contributed by atoms with E-state index in [0.29, 0.717) is 4.47 Å². The zero-order valence-corrected chi connectivity index (χ0v) is 14.8. The van der Waals surface area contributed by atoms with Crippen molar-refractivity contribution in [3.8, 4) is 5.75 Å². The Morgan fingerprint density at radius 3 is 2.62 bits per heavy atom. The molecular weight excluding hydrogens is 368 g/mol. The smallest absolute Gasteiger partial charge is 0.258 e. The summed E-state index contributed by atoms with van der Waals surface area (Å²) in [7, 11) is 0. The Hall–Kier alpha value is -2.01. The normalized spacial score (nSPS) is 20.8. The highest BCUT2D eigenvalue weighted by molar-refractivity contribution is 9.10. The number of halogens is 1. The maximum atomic E-state index is 13.2. The van der Waals surface area contributed by atoms with Gasteiger partial charge in [0.1, 0.15) is 11.9 Å². The number of aromatic hydroxyl groups is 1. The number of hydrogen-bond donors (Lipinski definition) is 2. The lowest BCUT2D eigenvalue weighted by atomic mass is 10.0. The third kappa shape index (κ3) is 2.57. The third-order valence-electron chi connectivity index (χ3n) is 4.97. The van der Waals surface area contributed by atoms with Gasteiger partial charge in [-0.2, -0.15) is 0 Å². The van der Waals surface area contributed by atoms with Gasteiger partial charge in [0.15, 0.2) is 0 Å². The first-order valence-corrected chi connectivity index (χ1v) is 9.11. The molecule has 1 saturated carbocycles. The molecule has 0 unspecified atom stereocenters. The van der Waals surface area contributed by atoms with Crippen LogP contribution >= 0.6 is 15.9 Å². The second kappa shape index (κ2) is 6.13. The molecule has 4 nitrogen and oxygen atoms in total. The summed E-state index contributed by atoms with van der Waals surface area (Å²) in [5.41, 5.74) is 2.57. The summed E-state index contributed by atoms with van der Waals surface area (Å²) in [5, 5.41) is 13.3. The topological polar surface area (TPSA) is 52.6 Å². The van der Waals surface area contributed by atoms with E-state index in [0.717, 1.165) is 29.7 Å². The number of nitrogens with one attached hydrogen (secondary N) is 1. The number of phenols is 1. The number of anilines is 1. The molecule has 2 aromatic rings. The summed E-state index contributed by atoms with van der Waals surface area (Å²) in [6.45, 7) is 0. The van der Waals surface area contributed by atoms with E-state index < -0.39 is 0 Å². The van der Waals surface area contributed by atoms with Gasteiger partial charge in [0.05, 0.1) is 10.0 Å². The second-order valence-corrected chi connectivity index (χ2v) is 7.31. The molecule has 2 aromatic carbocycles. The predicted octanol–water partition coefficient (Wildman–Crippen LogP) is 4.66. The van der Waals surface area contributed by atoms with Gasteiger partial charge in [-0.05, 0) is 58.6 Å². The highest BCUT2D eigenvalue weighted by Gasteiger charge is 2.38. The van der Waals surface area contributed by atoms with E-state index in [-0.39, 0.29) is 23.9 Å². The largest absolute Gasteiger partial charge is 0.507 e. The van der Waals surface area contributed by atoms with Crippen molar-refractivity contribution < 1.29 is 9.90 Å². The molecule has 0 bridgehead atoms. The maximum absolute atomic E-state index is 13.2. The Bertz CT molecular complexity index is 787. The maximum Gasteiger partial charge on any atom is 0.258 e. The van der Waals surface area contributed by atoms with E-state index >= 15 is 0 Å². The van der Waals surface area contributed by atoms with Crippen molar-refractivity contribution >= 4 is 27.5 Å². The number of fused-ring (bicyclic) bond motifs is 1. The third-order valence-corrected chi connectivity index (χ3v) is 5.60. The minimum atomic E-state index is -0.215. The molecule has 0 aromatic heterocycles. The average Bonchev–Trinajstić information content (AvgIpc) is 3.11. The SMILES string of the molecule is O=C1c2ccccc2N[C@@H](c2ccc(O)c(Br)c2)N1C1CCCC1. The Morgan fingerprint density at radius 2 is 1.88 bits per heavy atom. The van der Waals surface area contributed by atoms with E-state index in [1.807, 2.05) is 41.3 Å². The fourth-order valence-electron chi connectivity index (χ4n) is 3.76. The predicted molar refractivity (Wildman–Crippen MR) is 97.0 cm³/mol. The number of carbonyl (C=O) groups excluding carboxylic acids is 1.